The molecule has 0 aliphatic rings. The van der Waals surface area contributed by atoms with Crippen LogP contribution in [0.3, 0.4) is 0 Å². The van der Waals surface area contributed by atoms with Crippen molar-refractivity contribution in [2.45, 2.75) is 38.8 Å². The number of halogens is 6. The number of unbranched alkanes of at least 4 members (excludes halogenated alkanes) is 2. The third-order valence-corrected chi connectivity index (χ3v) is 6.03. The van der Waals surface area contributed by atoms with Gasteiger partial charge >= 0.3 is 6.18 Å². The van der Waals surface area contributed by atoms with Crippen LogP contribution in [-0.4, -0.2) is 12.8 Å². The van der Waals surface area contributed by atoms with Crippen LogP contribution in [0.25, 0.3) is 21.9 Å². The summed E-state index contributed by atoms with van der Waals surface area (Å²) in [7, 11) is 0. The van der Waals surface area contributed by atoms with E-state index in [-0.39, 0.29) is 11.1 Å². The lowest BCUT2D eigenvalue weighted by Crippen LogP contribution is -2.20. The zero-order chi connectivity index (χ0) is 27.3. The van der Waals surface area contributed by atoms with E-state index in [2.05, 4.69) is 47.8 Å². The van der Waals surface area contributed by atoms with Crippen LogP contribution in [0, 0.1) is 29.3 Å². The molecule has 4 rings (SSSR count). The standard InChI is InChI=1S/C31H24F6O/c1-2-3-4-5-20-6-9-22(10-7-20)24-14-15-26-25(18-24)13-12-23(29(26)34)11-8-21-16-27(32)30(28(33)17-21)38-19-31(35,36)37/h6-7,9-10,12-18H,2-5,19H2,1H3. The fraction of sp³-hybridized carbons (Fsp3) is 0.226. The van der Waals surface area contributed by atoms with E-state index in [1.54, 1.807) is 12.1 Å². The van der Waals surface area contributed by atoms with Crippen molar-refractivity contribution in [3.05, 3.63) is 101 Å². The van der Waals surface area contributed by atoms with E-state index in [9.17, 15) is 22.0 Å². The van der Waals surface area contributed by atoms with E-state index in [1.165, 1.54) is 24.5 Å². The average Bonchev–Trinajstić information content (AvgIpc) is 2.87. The van der Waals surface area contributed by atoms with Crippen LogP contribution in [-0.2, 0) is 6.42 Å². The van der Waals surface area contributed by atoms with Crippen molar-refractivity contribution in [3.8, 4) is 28.7 Å². The molecule has 4 aromatic rings. The SMILES string of the molecule is CCCCCc1ccc(-c2ccc3c(F)c(C#Cc4cc(F)c(OCC(F)(F)F)c(F)c4)ccc3c2)cc1. The van der Waals surface area contributed by atoms with Crippen LogP contribution in [0.15, 0.2) is 66.7 Å². The smallest absolute Gasteiger partial charge is 0.422 e. The van der Waals surface area contributed by atoms with Gasteiger partial charge in [0.15, 0.2) is 24.0 Å². The van der Waals surface area contributed by atoms with Crippen molar-refractivity contribution in [2.24, 2.45) is 0 Å². The van der Waals surface area contributed by atoms with Crippen molar-refractivity contribution in [1.29, 1.82) is 0 Å². The molecule has 0 bridgehead atoms. The molecule has 1 nitrogen and oxygen atoms in total. The van der Waals surface area contributed by atoms with E-state index in [4.69, 9.17) is 0 Å². The molecule has 0 heterocycles. The zero-order valence-electron chi connectivity index (χ0n) is 20.6. The van der Waals surface area contributed by atoms with E-state index < -0.39 is 36.0 Å². The summed E-state index contributed by atoms with van der Waals surface area (Å²) in [5.41, 5.74) is 3.07. The van der Waals surface area contributed by atoms with Crippen LogP contribution < -0.4 is 4.74 Å². The summed E-state index contributed by atoms with van der Waals surface area (Å²) >= 11 is 0. The van der Waals surface area contributed by atoms with E-state index >= 15 is 4.39 Å². The molecule has 0 spiro atoms. The number of rotatable bonds is 7. The first-order chi connectivity index (χ1) is 18.1. The topological polar surface area (TPSA) is 9.23 Å². The Kier molecular flexibility index (Phi) is 8.31. The average molecular weight is 527 g/mol. The molecule has 0 radical (unpaired) electrons. The highest BCUT2D eigenvalue weighted by atomic mass is 19.4. The summed E-state index contributed by atoms with van der Waals surface area (Å²) in [6.07, 6.45) is -0.181. The van der Waals surface area contributed by atoms with Gasteiger partial charge in [0.05, 0.1) is 5.56 Å². The number of hydrogen-bond donors (Lipinski definition) is 0. The maximum Gasteiger partial charge on any atom is 0.422 e. The molecule has 0 fully saturated rings. The largest absolute Gasteiger partial charge is 0.478 e. The summed E-state index contributed by atoms with van der Waals surface area (Å²) < 4.78 is 84.4. The van der Waals surface area contributed by atoms with E-state index in [0.29, 0.717) is 10.8 Å². The quantitative estimate of drug-likeness (QED) is 0.133. The number of benzene rings is 4. The Bertz CT molecular complexity index is 1470. The predicted molar refractivity (Wildman–Crippen MR) is 136 cm³/mol. The minimum atomic E-state index is -4.75. The summed E-state index contributed by atoms with van der Waals surface area (Å²) in [6.45, 7) is 0.339. The molecule has 0 saturated heterocycles. The number of aryl methyl sites for hydroxylation is 1. The number of ether oxygens (including phenoxy) is 1. The molecule has 38 heavy (non-hydrogen) atoms. The van der Waals surface area contributed by atoms with Crippen molar-refractivity contribution in [3.63, 3.8) is 0 Å². The van der Waals surface area contributed by atoms with Crippen molar-refractivity contribution in [1.82, 2.24) is 0 Å². The van der Waals surface area contributed by atoms with Crippen molar-refractivity contribution in [2.75, 3.05) is 6.61 Å². The molecular weight excluding hydrogens is 502 g/mol. The summed E-state index contributed by atoms with van der Waals surface area (Å²) in [5, 5.41) is 1.01. The van der Waals surface area contributed by atoms with Crippen LogP contribution in [0.5, 0.6) is 5.75 Å². The molecule has 0 atom stereocenters. The molecule has 0 N–H and O–H groups in total. The second-order valence-electron chi connectivity index (χ2n) is 8.94. The highest BCUT2D eigenvalue weighted by molar-refractivity contribution is 5.89. The first-order valence-corrected chi connectivity index (χ1v) is 12.2. The molecule has 0 aromatic heterocycles. The highest BCUT2D eigenvalue weighted by Gasteiger charge is 2.29. The molecule has 0 unspecified atom stereocenters. The Morgan fingerprint density at radius 1 is 0.763 bits per heavy atom. The normalized spacial score (nSPS) is 11.3. The van der Waals surface area contributed by atoms with Crippen LogP contribution in [0.4, 0.5) is 26.3 Å². The first kappa shape index (κ1) is 27.1. The van der Waals surface area contributed by atoms with Gasteiger partial charge in [0, 0.05) is 10.9 Å². The lowest BCUT2D eigenvalue weighted by Gasteiger charge is -2.10. The molecule has 196 valence electrons. The second-order valence-corrected chi connectivity index (χ2v) is 8.94. The Morgan fingerprint density at radius 3 is 2.11 bits per heavy atom. The predicted octanol–water partition coefficient (Wildman–Crippen LogP) is 9.00. The summed E-state index contributed by atoms with van der Waals surface area (Å²) in [6, 6.07) is 18.3. The van der Waals surface area contributed by atoms with Gasteiger partial charge in [-0.2, -0.15) is 13.2 Å². The second kappa shape index (κ2) is 11.6. The van der Waals surface area contributed by atoms with Gasteiger partial charge in [0.25, 0.3) is 0 Å². The lowest BCUT2D eigenvalue weighted by molar-refractivity contribution is -0.154. The summed E-state index contributed by atoms with van der Waals surface area (Å²) in [4.78, 5) is 0. The lowest BCUT2D eigenvalue weighted by atomic mass is 9.98. The molecule has 4 aromatic carbocycles. The van der Waals surface area contributed by atoms with Gasteiger partial charge in [-0.05, 0) is 59.2 Å². The Balaban J connectivity index is 1.54. The van der Waals surface area contributed by atoms with E-state index in [1.807, 2.05) is 12.1 Å². The van der Waals surface area contributed by atoms with E-state index in [0.717, 1.165) is 36.1 Å². The molecule has 0 aliphatic carbocycles. The van der Waals surface area contributed by atoms with Crippen LogP contribution >= 0.6 is 0 Å². The third-order valence-electron chi connectivity index (χ3n) is 6.03. The zero-order valence-corrected chi connectivity index (χ0v) is 20.6. The van der Waals surface area contributed by atoms with Crippen molar-refractivity contribution >= 4 is 10.8 Å². The Morgan fingerprint density at radius 2 is 1.45 bits per heavy atom. The molecule has 0 saturated carbocycles. The van der Waals surface area contributed by atoms with Gasteiger partial charge in [-0.3, -0.25) is 0 Å². The molecule has 7 heteroatoms. The van der Waals surface area contributed by atoms with Gasteiger partial charge in [-0.25, -0.2) is 13.2 Å². The number of hydrogen-bond acceptors (Lipinski definition) is 1. The maximum atomic E-state index is 15.2. The minimum absolute atomic E-state index is 0.0138. The number of fused-ring (bicyclic) bond motifs is 1. The minimum Gasteiger partial charge on any atom is -0.478 e. The Hall–Kier alpha value is -3.92. The first-order valence-electron chi connectivity index (χ1n) is 12.2. The Labute approximate surface area is 217 Å². The van der Waals surface area contributed by atoms with Crippen LogP contribution in [0.1, 0.15) is 42.9 Å². The number of alkyl halides is 3. The molecule has 0 aliphatic heterocycles. The highest BCUT2D eigenvalue weighted by Crippen LogP contribution is 2.29. The van der Waals surface area contributed by atoms with Crippen LogP contribution in [0.2, 0.25) is 0 Å². The summed E-state index contributed by atoms with van der Waals surface area (Å²) in [5.74, 6) is 0.607. The van der Waals surface area contributed by atoms with Gasteiger partial charge < -0.3 is 4.74 Å². The molecule has 0 amide bonds. The fourth-order valence-electron chi connectivity index (χ4n) is 4.07. The van der Waals surface area contributed by atoms with Gasteiger partial charge in [0.1, 0.15) is 5.82 Å². The van der Waals surface area contributed by atoms with Gasteiger partial charge in [-0.1, -0.05) is 74.1 Å². The monoisotopic (exact) mass is 526 g/mol. The molecular formula is C31H24F6O. The van der Waals surface area contributed by atoms with Gasteiger partial charge in [0.2, 0.25) is 0 Å². The maximum absolute atomic E-state index is 15.2. The third kappa shape index (κ3) is 6.69. The fourth-order valence-corrected chi connectivity index (χ4v) is 4.07. The van der Waals surface area contributed by atoms with Crippen molar-refractivity contribution < 1.29 is 31.1 Å². The van der Waals surface area contributed by atoms with Gasteiger partial charge in [-0.15, -0.1) is 0 Å².